The minimum atomic E-state index is -3.02. The molecule has 102 valence electrons. The number of carboxylic acid groups (broad SMARTS) is 1. The van der Waals surface area contributed by atoms with Crippen molar-refractivity contribution in [1.82, 2.24) is 0 Å². The minimum absolute atomic E-state index is 0.0350. The molecule has 2 aromatic rings. The smallest absolute Gasteiger partial charge is 0.387 e. The van der Waals surface area contributed by atoms with Gasteiger partial charge in [-0.15, -0.1) is 0 Å². The number of ether oxygens (including phenoxy) is 2. The average Bonchev–Trinajstić information content (AvgIpc) is 2.72. The topological polar surface area (TPSA) is 68.9 Å². The molecule has 0 radical (unpaired) electrons. The number of rotatable bonds is 5. The monoisotopic (exact) mass is 272 g/mol. The van der Waals surface area contributed by atoms with Crippen LogP contribution in [-0.2, 0) is 11.3 Å². The molecule has 0 aliphatic heterocycles. The number of benzene rings is 1. The van der Waals surface area contributed by atoms with Gasteiger partial charge >= 0.3 is 12.6 Å². The number of furan rings is 1. The molecule has 0 amide bonds. The van der Waals surface area contributed by atoms with Crippen LogP contribution in [0.2, 0.25) is 0 Å². The number of aromatic carboxylic acids is 1. The molecule has 0 atom stereocenters. The van der Waals surface area contributed by atoms with E-state index < -0.39 is 12.6 Å². The van der Waals surface area contributed by atoms with E-state index in [2.05, 4.69) is 4.74 Å². The number of carbonyl (C=O) groups is 1. The largest absolute Gasteiger partial charge is 0.478 e. The van der Waals surface area contributed by atoms with Crippen LogP contribution in [0.3, 0.4) is 0 Å². The Balaban J connectivity index is 2.60. The summed E-state index contributed by atoms with van der Waals surface area (Å²) in [6.07, 6.45) is 0. The van der Waals surface area contributed by atoms with Crippen molar-refractivity contribution in [3.05, 3.63) is 29.5 Å². The highest BCUT2D eigenvalue weighted by Crippen LogP contribution is 2.32. The number of halogens is 2. The first kappa shape index (κ1) is 13.3. The highest BCUT2D eigenvalue weighted by atomic mass is 19.3. The SMILES string of the molecule is COCc1cc2c(C(=O)O)ccc(OC(F)F)c2o1. The van der Waals surface area contributed by atoms with Gasteiger partial charge in [-0.25, -0.2) is 4.79 Å². The maximum atomic E-state index is 12.3. The average molecular weight is 272 g/mol. The molecule has 7 heteroatoms. The third-order valence-electron chi connectivity index (χ3n) is 2.43. The van der Waals surface area contributed by atoms with E-state index in [9.17, 15) is 13.6 Å². The second kappa shape index (κ2) is 5.23. The summed E-state index contributed by atoms with van der Waals surface area (Å²) in [5, 5.41) is 9.23. The summed E-state index contributed by atoms with van der Waals surface area (Å²) in [7, 11) is 1.43. The van der Waals surface area contributed by atoms with Crippen LogP contribution in [0.5, 0.6) is 5.75 Å². The van der Waals surface area contributed by atoms with E-state index in [4.69, 9.17) is 14.3 Å². The van der Waals surface area contributed by atoms with Gasteiger partial charge in [-0.2, -0.15) is 8.78 Å². The summed E-state index contributed by atoms with van der Waals surface area (Å²) in [6.45, 7) is -2.92. The molecular weight excluding hydrogens is 262 g/mol. The highest BCUT2D eigenvalue weighted by molar-refractivity contribution is 6.04. The number of fused-ring (bicyclic) bond motifs is 1. The van der Waals surface area contributed by atoms with Crippen LogP contribution in [0.15, 0.2) is 22.6 Å². The first-order valence-electron chi connectivity index (χ1n) is 5.25. The molecule has 0 saturated heterocycles. The fraction of sp³-hybridized carbons (Fsp3) is 0.250. The molecule has 0 saturated carbocycles. The standard InChI is InChI=1S/C12H10F2O5/c1-17-5-6-4-8-7(11(15)16)2-3-9(10(8)18-6)19-12(13)14/h2-4,12H,5H2,1H3,(H,15,16). The van der Waals surface area contributed by atoms with Gasteiger partial charge < -0.3 is 19.0 Å². The number of carboxylic acids is 1. The van der Waals surface area contributed by atoms with E-state index in [1.807, 2.05) is 0 Å². The Hall–Kier alpha value is -2.15. The zero-order chi connectivity index (χ0) is 14.0. The lowest BCUT2D eigenvalue weighted by Gasteiger charge is -2.05. The summed E-state index contributed by atoms with van der Waals surface area (Å²) < 4.78 is 38.9. The molecule has 1 heterocycles. The number of alkyl halides is 2. The molecule has 1 N–H and O–H groups in total. The molecule has 5 nitrogen and oxygen atoms in total. The molecule has 0 unspecified atom stereocenters. The summed E-state index contributed by atoms with van der Waals surface area (Å²) in [5.74, 6) is -1.07. The van der Waals surface area contributed by atoms with Gasteiger partial charge in [0.15, 0.2) is 11.3 Å². The fourth-order valence-corrected chi connectivity index (χ4v) is 1.74. The van der Waals surface area contributed by atoms with E-state index >= 15 is 0 Å². The molecule has 0 spiro atoms. The van der Waals surface area contributed by atoms with E-state index in [-0.39, 0.29) is 28.9 Å². The van der Waals surface area contributed by atoms with Gasteiger partial charge in [0, 0.05) is 12.5 Å². The van der Waals surface area contributed by atoms with Crippen molar-refractivity contribution in [2.45, 2.75) is 13.2 Å². The van der Waals surface area contributed by atoms with Gasteiger partial charge in [-0.05, 0) is 18.2 Å². The summed E-state index contributed by atoms with van der Waals surface area (Å²) in [6, 6.07) is 3.76. The van der Waals surface area contributed by atoms with Crippen LogP contribution in [-0.4, -0.2) is 24.8 Å². The Labute approximate surface area is 106 Å². The first-order chi connectivity index (χ1) is 9.02. The van der Waals surface area contributed by atoms with Crippen molar-refractivity contribution in [2.24, 2.45) is 0 Å². The highest BCUT2D eigenvalue weighted by Gasteiger charge is 2.19. The van der Waals surface area contributed by atoms with Crippen LogP contribution in [0.4, 0.5) is 8.78 Å². The van der Waals surface area contributed by atoms with Crippen molar-refractivity contribution in [2.75, 3.05) is 7.11 Å². The quantitative estimate of drug-likeness (QED) is 0.906. The predicted molar refractivity (Wildman–Crippen MR) is 60.5 cm³/mol. The van der Waals surface area contributed by atoms with E-state index in [0.717, 1.165) is 6.07 Å². The van der Waals surface area contributed by atoms with E-state index in [1.54, 1.807) is 0 Å². The summed E-state index contributed by atoms with van der Waals surface area (Å²) >= 11 is 0. The normalized spacial score (nSPS) is 11.2. The maximum absolute atomic E-state index is 12.3. The van der Waals surface area contributed by atoms with Gasteiger partial charge in [0.1, 0.15) is 12.4 Å². The molecule has 2 rings (SSSR count). The van der Waals surface area contributed by atoms with Crippen molar-refractivity contribution in [3.8, 4) is 5.75 Å². The third-order valence-corrected chi connectivity index (χ3v) is 2.43. The van der Waals surface area contributed by atoms with Crippen molar-refractivity contribution >= 4 is 16.9 Å². The lowest BCUT2D eigenvalue weighted by Crippen LogP contribution is -2.03. The number of methoxy groups -OCH3 is 1. The summed E-state index contributed by atoms with van der Waals surface area (Å²) in [4.78, 5) is 11.1. The zero-order valence-corrected chi connectivity index (χ0v) is 9.85. The second-order valence-corrected chi connectivity index (χ2v) is 3.68. The Morgan fingerprint density at radius 1 is 1.47 bits per heavy atom. The molecular formula is C12H10F2O5. The molecule has 1 aromatic heterocycles. The van der Waals surface area contributed by atoms with Crippen LogP contribution in [0.25, 0.3) is 11.0 Å². The molecule has 0 aliphatic carbocycles. The Morgan fingerprint density at radius 3 is 2.79 bits per heavy atom. The van der Waals surface area contributed by atoms with Gasteiger partial charge in [0.25, 0.3) is 0 Å². The van der Waals surface area contributed by atoms with Crippen molar-refractivity contribution in [3.63, 3.8) is 0 Å². The lowest BCUT2D eigenvalue weighted by atomic mass is 10.1. The van der Waals surface area contributed by atoms with E-state index in [1.165, 1.54) is 19.2 Å². The number of hydrogen-bond acceptors (Lipinski definition) is 4. The van der Waals surface area contributed by atoms with Gasteiger partial charge in [-0.1, -0.05) is 0 Å². The molecule has 0 bridgehead atoms. The molecule has 0 aliphatic rings. The van der Waals surface area contributed by atoms with Crippen molar-refractivity contribution < 1.29 is 32.6 Å². The Kier molecular flexibility index (Phi) is 3.66. The Morgan fingerprint density at radius 2 is 2.21 bits per heavy atom. The summed E-state index contributed by atoms with van der Waals surface area (Å²) in [5.41, 5.74) is -0.0880. The van der Waals surface area contributed by atoms with Crippen LogP contribution in [0, 0.1) is 0 Å². The van der Waals surface area contributed by atoms with Crippen LogP contribution in [0.1, 0.15) is 16.1 Å². The predicted octanol–water partition coefficient (Wildman–Crippen LogP) is 2.88. The first-order valence-corrected chi connectivity index (χ1v) is 5.25. The number of hydrogen-bond donors (Lipinski definition) is 1. The molecule has 1 aromatic carbocycles. The van der Waals surface area contributed by atoms with Crippen LogP contribution >= 0.6 is 0 Å². The second-order valence-electron chi connectivity index (χ2n) is 3.68. The van der Waals surface area contributed by atoms with Crippen molar-refractivity contribution in [1.29, 1.82) is 0 Å². The molecule has 0 fully saturated rings. The van der Waals surface area contributed by atoms with Crippen LogP contribution < -0.4 is 4.74 Å². The Bertz CT molecular complexity index is 605. The maximum Gasteiger partial charge on any atom is 0.387 e. The lowest BCUT2D eigenvalue weighted by molar-refractivity contribution is -0.0494. The van der Waals surface area contributed by atoms with Gasteiger partial charge in [0.2, 0.25) is 0 Å². The third kappa shape index (κ3) is 2.65. The van der Waals surface area contributed by atoms with E-state index in [0.29, 0.717) is 5.76 Å². The van der Waals surface area contributed by atoms with Gasteiger partial charge in [0.05, 0.1) is 5.56 Å². The minimum Gasteiger partial charge on any atom is -0.478 e. The zero-order valence-electron chi connectivity index (χ0n) is 9.85. The van der Waals surface area contributed by atoms with Gasteiger partial charge in [-0.3, -0.25) is 0 Å². The molecule has 19 heavy (non-hydrogen) atoms. The fourth-order valence-electron chi connectivity index (χ4n) is 1.74.